The van der Waals surface area contributed by atoms with Gasteiger partial charge in [-0.15, -0.1) is 0 Å². The second kappa shape index (κ2) is 3.17. The van der Waals surface area contributed by atoms with E-state index in [1.54, 1.807) is 0 Å². The van der Waals surface area contributed by atoms with Gasteiger partial charge in [0.1, 0.15) is 5.82 Å². The van der Waals surface area contributed by atoms with E-state index in [9.17, 15) is 9.18 Å². The zero-order valence-electron chi connectivity index (χ0n) is 6.38. The van der Waals surface area contributed by atoms with Gasteiger partial charge in [0.15, 0.2) is 0 Å². The Labute approximate surface area is 69.5 Å². The summed E-state index contributed by atoms with van der Waals surface area (Å²) in [5, 5.41) is 0. The maximum absolute atomic E-state index is 12.4. The van der Waals surface area contributed by atoms with Crippen LogP contribution in [0.15, 0.2) is 36.5 Å². The SMILES string of the molecule is C=C(N)C(=O)c1ccc(F)cc1. The molecule has 2 nitrogen and oxygen atoms in total. The van der Waals surface area contributed by atoms with Crippen LogP contribution in [0.5, 0.6) is 0 Å². The van der Waals surface area contributed by atoms with Crippen LogP contribution in [0.3, 0.4) is 0 Å². The molecule has 0 aliphatic carbocycles. The summed E-state index contributed by atoms with van der Waals surface area (Å²) < 4.78 is 12.4. The molecule has 0 atom stereocenters. The number of carbonyl (C=O) groups excluding carboxylic acids is 1. The van der Waals surface area contributed by atoms with Gasteiger partial charge in [-0.1, -0.05) is 6.58 Å². The Morgan fingerprint density at radius 3 is 2.25 bits per heavy atom. The lowest BCUT2D eigenvalue weighted by Gasteiger charge is -1.97. The highest BCUT2D eigenvalue weighted by Gasteiger charge is 2.05. The van der Waals surface area contributed by atoms with Crippen molar-refractivity contribution in [3.8, 4) is 0 Å². The fourth-order valence-electron chi connectivity index (χ4n) is 0.787. The molecule has 1 aromatic rings. The lowest BCUT2D eigenvalue weighted by atomic mass is 10.1. The van der Waals surface area contributed by atoms with Crippen molar-refractivity contribution in [3.05, 3.63) is 47.9 Å². The van der Waals surface area contributed by atoms with Crippen molar-refractivity contribution in [1.82, 2.24) is 0 Å². The summed E-state index contributed by atoms with van der Waals surface area (Å²) in [6.45, 7) is 3.29. The average Bonchev–Trinajstić information content (AvgIpc) is 2.04. The van der Waals surface area contributed by atoms with E-state index in [2.05, 4.69) is 6.58 Å². The third-order valence-electron chi connectivity index (χ3n) is 1.40. The van der Waals surface area contributed by atoms with Crippen molar-refractivity contribution in [2.45, 2.75) is 0 Å². The van der Waals surface area contributed by atoms with Crippen LogP contribution in [0.25, 0.3) is 0 Å². The molecule has 0 spiro atoms. The van der Waals surface area contributed by atoms with E-state index < -0.39 is 0 Å². The molecule has 0 fully saturated rings. The molecule has 0 radical (unpaired) electrons. The topological polar surface area (TPSA) is 43.1 Å². The summed E-state index contributed by atoms with van der Waals surface area (Å²) in [6, 6.07) is 5.15. The molecule has 0 aromatic heterocycles. The first-order chi connectivity index (χ1) is 5.61. The Morgan fingerprint density at radius 1 is 1.33 bits per heavy atom. The second-order valence-corrected chi connectivity index (χ2v) is 2.36. The third-order valence-corrected chi connectivity index (χ3v) is 1.40. The first-order valence-electron chi connectivity index (χ1n) is 3.36. The molecule has 0 saturated heterocycles. The summed E-state index contributed by atoms with van der Waals surface area (Å²) in [7, 11) is 0. The molecule has 2 N–H and O–H groups in total. The lowest BCUT2D eigenvalue weighted by molar-refractivity contribution is 0.103. The third kappa shape index (κ3) is 1.69. The predicted molar refractivity (Wildman–Crippen MR) is 44.1 cm³/mol. The minimum Gasteiger partial charge on any atom is -0.396 e. The van der Waals surface area contributed by atoms with Gasteiger partial charge in [-0.05, 0) is 24.3 Å². The number of allylic oxidation sites excluding steroid dienone is 1. The maximum Gasteiger partial charge on any atom is 0.208 e. The summed E-state index contributed by atoms with van der Waals surface area (Å²) in [5.41, 5.74) is 5.48. The minimum atomic E-state index is -0.380. The van der Waals surface area contributed by atoms with Crippen LogP contribution in [0.4, 0.5) is 4.39 Å². The van der Waals surface area contributed by atoms with Crippen LogP contribution < -0.4 is 5.73 Å². The van der Waals surface area contributed by atoms with Crippen LogP contribution in [-0.2, 0) is 0 Å². The van der Waals surface area contributed by atoms with Crippen LogP contribution >= 0.6 is 0 Å². The number of rotatable bonds is 2. The van der Waals surface area contributed by atoms with Crippen molar-refractivity contribution in [3.63, 3.8) is 0 Å². The first kappa shape index (κ1) is 8.46. The molecule has 1 rings (SSSR count). The van der Waals surface area contributed by atoms with Crippen molar-refractivity contribution in [2.75, 3.05) is 0 Å². The number of halogens is 1. The highest BCUT2D eigenvalue weighted by Crippen LogP contribution is 2.05. The molecular weight excluding hydrogens is 157 g/mol. The first-order valence-corrected chi connectivity index (χ1v) is 3.36. The van der Waals surface area contributed by atoms with Crippen molar-refractivity contribution >= 4 is 5.78 Å². The number of benzene rings is 1. The van der Waals surface area contributed by atoms with Gasteiger partial charge in [0.2, 0.25) is 5.78 Å². The van der Waals surface area contributed by atoms with Crippen molar-refractivity contribution < 1.29 is 9.18 Å². The number of hydrogen-bond acceptors (Lipinski definition) is 2. The fraction of sp³-hybridized carbons (Fsp3) is 0. The van der Waals surface area contributed by atoms with E-state index in [1.165, 1.54) is 24.3 Å². The highest BCUT2D eigenvalue weighted by atomic mass is 19.1. The number of carbonyl (C=O) groups is 1. The zero-order chi connectivity index (χ0) is 9.14. The standard InChI is InChI=1S/C9H8FNO/c1-6(11)9(12)7-2-4-8(10)5-3-7/h2-5H,1,11H2. The molecule has 1 aromatic carbocycles. The van der Waals surface area contributed by atoms with Gasteiger partial charge in [-0.25, -0.2) is 4.39 Å². The molecule has 0 aliphatic heterocycles. The predicted octanol–water partition coefficient (Wildman–Crippen LogP) is 1.48. The summed E-state index contributed by atoms with van der Waals surface area (Å²) in [6.07, 6.45) is 0. The highest BCUT2D eigenvalue weighted by molar-refractivity contribution is 6.07. The van der Waals surface area contributed by atoms with Gasteiger partial charge in [-0.3, -0.25) is 4.79 Å². The number of hydrogen-bond donors (Lipinski definition) is 1. The second-order valence-electron chi connectivity index (χ2n) is 2.36. The van der Waals surface area contributed by atoms with Gasteiger partial charge >= 0.3 is 0 Å². The van der Waals surface area contributed by atoms with Gasteiger partial charge in [0.25, 0.3) is 0 Å². The molecule has 0 saturated carbocycles. The van der Waals surface area contributed by atoms with Crippen LogP contribution in [0.1, 0.15) is 10.4 Å². The van der Waals surface area contributed by atoms with Gasteiger partial charge in [0.05, 0.1) is 5.70 Å². The van der Waals surface area contributed by atoms with Crippen LogP contribution in [0, 0.1) is 5.82 Å². The van der Waals surface area contributed by atoms with Crippen molar-refractivity contribution in [2.24, 2.45) is 5.73 Å². The molecule has 3 heteroatoms. The van der Waals surface area contributed by atoms with E-state index in [4.69, 9.17) is 5.73 Å². The monoisotopic (exact) mass is 165 g/mol. The minimum absolute atomic E-state index is 0.0402. The number of ketones is 1. The lowest BCUT2D eigenvalue weighted by Crippen LogP contribution is -2.09. The van der Waals surface area contributed by atoms with Gasteiger partial charge < -0.3 is 5.73 Å². The molecular formula is C9H8FNO. The quantitative estimate of drug-likeness (QED) is 0.532. The largest absolute Gasteiger partial charge is 0.396 e. The summed E-state index contributed by atoms with van der Waals surface area (Å²) in [4.78, 5) is 11.1. The van der Waals surface area contributed by atoms with Gasteiger partial charge in [0, 0.05) is 5.56 Å². The molecule has 0 bridgehead atoms. The Hall–Kier alpha value is -1.64. The normalized spacial score (nSPS) is 9.42. The Morgan fingerprint density at radius 2 is 1.83 bits per heavy atom. The average molecular weight is 165 g/mol. The van der Waals surface area contributed by atoms with Crippen LogP contribution in [-0.4, -0.2) is 5.78 Å². The molecule has 0 amide bonds. The van der Waals surface area contributed by atoms with Crippen LogP contribution in [0.2, 0.25) is 0 Å². The molecule has 12 heavy (non-hydrogen) atoms. The van der Waals surface area contributed by atoms with E-state index in [1.807, 2.05) is 0 Å². The summed E-state index contributed by atoms with van der Waals surface area (Å²) in [5.74, 6) is -0.746. The number of Topliss-reactive ketones (excluding diaryl/α,β-unsaturated/α-hetero) is 1. The number of nitrogens with two attached hydrogens (primary N) is 1. The smallest absolute Gasteiger partial charge is 0.208 e. The van der Waals surface area contributed by atoms with E-state index in [0.717, 1.165) is 0 Å². The maximum atomic E-state index is 12.4. The summed E-state index contributed by atoms with van der Waals surface area (Å²) >= 11 is 0. The molecule has 0 heterocycles. The zero-order valence-corrected chi connectivity index (χ0v) is 6.38. The molecule has 0 unspecified atom stereocenters. The molecule has 62 valence electrons. The Kier molecular flexibility index (Phi) is 2.24. The Bertz CT molecular complexity index is 316. The van der Waals surface area contributed by atoms with E-state index in [0.29, 0.717) is 5.56 Å². The van der Waals surface area contributed by atoms with E-state index in [-0.39, 0.29) is 17.3 Å². The van der Waals surface area contributed by atoms with E-state index >= 15 is 0 Å². The fourth-order valence-corrected chi connectivity index (χ4v) is 0.787. The van der Waals surface area contributed by atoms with Gasteiger partial charge in [-0.2, -0.15) is 0 Å². The Balaban J connectivity index is 2.98. The molecule has 0 aliphatic rings. The van der Waals surface area contributed by atoms with Crippen molar-refractivity contribution in [1.29, 1.82) is 0 Å².